The highest BCUT2D eigenvalue weighted by Crippen LogP contribution is 2.53. The quantitative estimate of drug-likeness (QED) is 0.226. The van der Waals surface area contributed by atoms with Gasteiger partial charge < -0.3 is 23.8 Å². The van der Waals surface area contributed by atoms with E-state index >= 15 is 0 Å². The van der Waals surface area contributed by atoms with E-state index in [9.17, 15) is 9.59 Å². The molecule has 2 aliphatic carbocycles. The van der Waals surface area contributed by atoms with Crippen molar-refractivity contribution in [2.75, 3.05) is 38.8 Å². The Labute approximate surface area is 260 Å². The van der Waals surface area contributed by atoms with E-state index in [4.69, 9.17) is 18.9 Å². The van der Waals surface area contributed by atoms with Gasteiger partial charge in [-0.1, -0.05) is 30.7 Å². The van der Waals surface area contributed by atoms with Gasteiger partial charge >= 0.3 is 5.97 Å². The summed E-state index contributed by atoms with van der Waals surface area (Å²) in [5, 5.41) is 4.52. The molecule has 0 spiro atoms. The van der Waals surface area contributed by atoms with Crippen LogP contribution in [-0.4, -0.2) is 73.9 Å². The zero-order valence-electron chi connectivity index (χ0n) is 26.5. The molecule has 9 nitrogen and oxygen atoms in total. The Morgan fingerprint density at radius 1 is 0.909 bits per heavy atom. The number of nitrogens with zero attached hydrogens (tertiary/aromatic N) is 3. The fourth-order valence-corrected chi connectivity index (χ4v) is 6.82. The van der Waals surface area contributed by atoms with Gasteiger partial charge in [-0.25, -0.2) is 4.79 Å². The van der Waals surface area contributed by atoms with E-state index in [0.29, 0.717) is 23.6 Å². The normalized spacial score (nSPS) is 21.8. The highest BCUT2D eigenvalue weighted by molar-refractivity contribution is 5.96. The maximum Gasteiger partial charge on any atom is 0.340 e. The Hall–Kier alpha value is -3.69. The van der Waals surface area contributed by atoms with Crippen molar-refractivity contribution in [2.45, 2.75) is 83.0 Å². The van der Waals surface area contributed by atoms with Gasteiger partial charge in [0.05, 0.1) is 30.1 Å². The van der Waals surface area contributed by atoms with Gasteiger partial charge in [0.25, 0.3) is 5.91 Å². The molecule has 0 saturated heterocycles. The van der Waals surface area contributed by atoms with Gasteiger partial charge in [-0.2, -0.15) is 4.68 Å². The molecular formula is C35H45N3O6. The van der Waals surface area contributed by atoms with E-state index < -0.39 is 0 Å². The average molecular weight is 604 g/mol. The fourth-order valence-electron chi connectivity index (χ4n) is 6.82. The van der Waals surface area contributed by atoms with Gasteiger partial charge in [-0.15, -0.1) is 5.10 Å². The highest BCUT2D eigenvalue weighted by atomic mass is 16.5. The smallest absolute Gasteiger partial charge is 0.340 e. The fraction of sp³-hybridized carbons (Fsp3) is 0.514. The molecule has 236 valence electrons. The molecule has 2 unspecified atom stereocenters. The second-order valence-electron chi connectivity index (χ2n) is 11.5. The van der Waals surface area contributed by atoms with Crippen LogP contribution in [0.4, 0.5) is 5.69 Å². The van der Waals surface area contributed by atoms with Crippen LogP contribution in [0.2, 0.25) is 0 Å². The van der Waals surface area contributed by atoms with Gasteiger partial charge in [-0.3, -0.25) is 4.79 Å². The largest absolute Gasteiger partial charge is 0.477 e. The van der Waals surface area contributed by atoms with E-state index in [1.54, 1.807) is 32.5 Å². The van der Waals surface area contributed by atoms with Crippen LogP contribution >= 0.6 is 0 Å². The summed E-state index contributed by atoms with van der Waals surface area (Å²) in [6.45, 7) is 8.01. The Morgan fingerprint density at radius 2 is 1.59 bits per heavy atom. The van der Waals surface area contributed by atoms with Crippen molar-refractivity contribution in [3.8, 4) is 5.88 Å². The number of esters is 1. The van der Waals surface area contributed by atoms with Crippen LogP contribution in [0.15, 0.2) is 54.7 Å². The second kappa shape index (κ2) is 14.4. The lowest BCUT2D eigenvalue weighted by atomic mass is 9.63. The minimum absolute atomic E-state index is 0.0388. The number of carbonyl (C=O) groups excluding carboxylic acids is 2. The maximum absolute atomic E-state index is 13.7. The topological polar surface area (TPSA) is 92.1 Å². The molecule has 0 amide bonds. The van der Waals surface area contributed by atoms with Gasteiger partial charge in [-0.05, 0) is 76.3 Å². The number of anilines is 1. The first kappa shape index (κ1) is 31.7. The van der Waals surface area contributed by atoms with Crippen molar-refractivity contribution in [3.63, 3.8) is 0 Å². The van der Waals surface area contributed by atoms with Crippen molar-refractivity contribution in [2.24, 2.45) is 0 Å². The van der Waals surface area contributed by atoms with Crippen LogP contribution < -0.4 is 9.64 Å². The molecule has 1 aromatic heterocycles. The molecule has 1 heterocycles. The van der Waals surface area contributed by atoms with Crippen LogP contribution in [0, 0.1) is 0 Å². The summed E-state index contributed by atoms with van der Waals surface area (Å²) < 4.78 is 25.5. The molecule has 3 aromatic rings. The Morgan fingerprint density at radius 3 is 2.20 bits per heavy atom. The number of rotatable bonds is 12. The maximum atomic E-state index is 13.7. The predicted molar refractivity (Wildman–Crippen MR) is 169 cm³/mol. The summed E-state index contributed by atoms with van der Waals surface area (Å²) in [6.07, 6.45) is 6.29. The molecule has 9 heteroatoms. The van der Waals surface area contributed by atoms with Gasteiger partial charge in [0, 0.05) is 56.5 Å². The lowest BCUT2D eigenvalue weighted by Crippen LogP contribution is -2.53. The molecule has 44 heavy (non-hydrogen) atoms. The Bertz CT molecular complexity index is 1400. The molecule has 2 atom stereocenters. The van der Waals surface area contributed by atoms with Crippen molar-refractivity contribution in [3.05, 3.63) is 77.0 Å². The number of aromatic nitrogens is 2. The lowest BCUT2D eigenvalue weighted by Gasteiger charge is -2.50. The first-order valence-corrected chi connectivity index (χ1v) is 15.9. The molecule has 2 aliphatic rings. The molecule has 2 saturated carbocycles. The van der Waals surface area contributed by atoms with Crippen molar-refractivity contribution in [1.29, 1.82) is 0 Å². The van der Waals surface area contributed by atoms with E-state index in [2.05, 4.69) is 29.9 Å². The van der Waals surface area contributed by atoms with Crippen molar-refractivity contribution < 1.29 is 28.5 Å². The average Bonchev–Trinajstić information content (AvgIpc) is 3.45. The first-order chi connectivity index (χ1) is 21.4. The molecular weight excluding hydrogens is 558 g/mol. The van der Waals surface area contributed by atoms with E-state index in [0.717, 1.165) is 55.6 Å². The summed E-state index contributed by atoms with van der Waals surface area (Å²) in [5.74, 6) is -0.542. The summed E-state index contributed by atoms with van der Waals surface area (Å²) in [5.41, 5.74) is 3.67. The van der Waals surface area contributed by atoms with Crippen LogP contribution in [-0.2, 0) is 14.2 Å². The van der Waals surface area contributed by atoms with Crippen LogP contribution in [0.25, 0.3) is 0 Å². The predicted octanol–water partition coefficient (Wildman–Crippen LogP) is 6.22. The van der Waals surface area contributed by atoms with E-state index in [1.807, 2.05) is 37.3 Å². The second-order valence-corrected chi connectivity index (χ2v) is 11.5. The third kappa shape index (κ3) is 6.26. The molecule has 2 fully saturated rings. The number of methoxy groups -OCH3 is 2. The van der Waals surface area contributed by atoms with Crippen molar-refractivity contribution >= 4 is 17.6 Å². The zero-order valence-corrected chi connectivity index (χ0v) is 26.5. The lowest BCUT2D eigenvalue weighted by molar-refractivity contribution is -0.116. The standard InChI is InChI=1S/C35H45N3O6/c1-6-37(7-2)28-20-19-24(21-26(28)35(40)44-25-17-13-10-14-18-25)29-31(41-4)30(32(29)42-5)27-22-38(36-33(27)43-8-3)34(39)23-15-11-9-12-16-23/h9,11-12,15-16,19-22,25,29-32H,6-8,10,13-14,17-18H2,1-5H3. The number of hydrogen-bond donors (Lipinski definition) is 0. The minimum atomic E-state index is -0.301. The van der Waals surface area contributed by atoms with Gasteiger partial charge in [0.1, 0.15) is 6.10 Å². The molecule has 5 rings (SSSR count). The zero-order chi connectivity index (χ0) is 31.2. The summed E-state index contributed by atoms with van der Waals surface area (Å²) in [7, 11) is 3.36. The van der Waals surface area contributed by atoms with Crippen LogP contribution in [0.5, 0.6) is 5.88 Å². The van der Waals surface area contributed by atoms with E-state index in [-0.39, 0.29) is 42.0 Å². The highest BCUT2D eigenvalue weighted by Gasteiger charge is 2.54. The molecule has 0 aliphatic heterocycles. The SMILES string of the molecule is CCOc1nn(C(=O)c2ccccc2)cc1C1C(OC)C(c2ccc(N(CC)CC)c(C(=O)OC3CCCCC3)c2)C1OC. The molecule has 0 N–H and O–H groups in total. The molecule has 0 radical (unpaired) electrons. The number of benzene rings is 2. The number of carbonyl (C=O) groups is 2. The van der Waals surface area contributed by atoms with Crippen molar-refractivity contribution in [1.82, 2.24) is 9.78 Å². The third-order valence-electron chi connectivity index (χ3n) is 9.09. The first-order valence-electron chi connectivity index (χ1n) is 15.9. The summed E-state index contributed by atoms with van der Waals surface area (Å²) in [6, 6.07) is 15.1. The Kier molecular flexibility index (Phi) is 10.4. The number of ether oxygens (including phenoxy) is 4. The van der Waals surface area contributed by atoms with Gasteiger partial charge in [0.2, 0.25) is 5.88 Å². The van der Waals surface area contributed by atoms with Crippen LogP contribution in [0.3, 0.4) is 0 Å². The summed E-state index contributed by atoms with van der Waals surface area (Å²) in [4.78, 5) is 29.1. The third-order valence-corrected chi connectivity index (χ3v) is 9.09. The minimum Gasteiger partial charge on any atom is -0.477 e. The Balaban J connectivity index is 1.48. The van der Waals surface area contributed by atoms with E-state index in [1.165, 1.54) is 11.1 Å². The summed E-state index contributed by atoms with van der Waals surface area (Å²) >= 11 is 0. The number of hydrogen-bond acceptors (Lipinski definition) is 8. The molecule has 0 bridgehead atoms. The monoisotopic (exact) mass is 603 g/mol. The van der Waals surface area contributed by atoms with Gasteiger partial charge in [0.15, 0.2) is 0 Å². The molecule has 2 aromatic carbocycles. The van der Waals surface area contributed by atoms with Crippen LogP contribution in [0.1, 0.15) is 96.6 Å².